The topological polar surface area (TPSA) is 37.4 Å². The van der Waals surface area contributed by atoms with E-state index in [4.69, 9.17) is 0 Å². The molecule has 4 bridgehead atoms. The zero-order valence-corrected chi connectivity index (χ0v) is 25.4. The monoisotopic (exact) mass is 535 g/mol. The second kappa shape index (κ2) is 18.4. The summed E-state index contributed by atoms with van der Waals surface area (Å²) in [6.45, 7) is 4.54. The van der Waals surface area contributed by atoms with Crippen LogP contribution in [0.4, 0.5) is 5.69 Å². The lowest BCUT2D eigenvalue weighted by molar-refractivity contribution is -0.120. The maximum absolute atomic E-state index is 13.5. The summed E-state index contributed by atoms with van der Waals surface area (Å²) in [5.41, 5.74) is 3.58. The van der Waals surface area contributed by atoms with Gasteiger partial charge in [-0.3, -0.25) is 9.59 Å². The first kappa shape index (κ1) is 31.6. The van der Waals surface area contributed by atoms with Crippen molar-refractivity contribution in [1.29, 1.82) is 0 Å². The smallest absolute Gasteiger partial charge is 0.262 e. The van der Waals surface area contributed by atoms with Crippen LogP contribution in [0.5, 0.6) is 0 Å². The fourth-order valence-electron chi connectivity index (χ4n) is 6.56. The van der Waals surface area contributed by atoms with Gasteiger partial charge in [0.15, 0.2) is 0 Å². The van der Waals surface area contributed by atoms with Crippen LogP contribution in [0.15, 0.2) is 35.4 Å². The van der Waals surface area contributed by atoms with Crippen molar-refractivity contribution in [2.45, 2.75) is 167 Å². The summed E-state index contributed by atoms with van der Waals surface area (Å²) >= 11 is 0. The molecule has 0 aliphatic carbocycles. The number of carbonyl (C=O) groups is 2. The number of benzene rings is 1. The summed E-state index contributed by atoms with van der Waals surface area (Å²) in [6.07, 6.45) is 29.1. The molecule has 0 aromatic heterocycles. The van der Waals surface area contributed by atoms with E-state index in [-0.39, 0.29) is 17.7 Å². The molecular formula is C36H57NO2. The summed E-state index contributed by atoms with van der Waals surface area (Å²) in [6, 6.07) is 8.24. The average Bonchev–Trinajstić information content (AvgIpc) is 3.22. The van der Waals surface area contributed by atoms with Gasteiger partial charge in [-0.05, 0) is 37.0 Å². The molecule has 3 aliphatic rings. The minimum absolute atomic E-state index is 0.0450. The van der Waals surface area contributed by atoms with E-state index < -0.39 is 0 Å². The molecule has 0 N–H and O–H groups in total. The van der Waals surface area contributed by atoms with Gasteiger partial charge in [0.25, 0.3) is 11.8 Å². The van der Waals surface area contributed by atoms with Crippen molar-refractivity contribution in [3.8, 4) is 0 Å². The first-order chi connectivity index (χ1) is 19.2. The molecule has 1 atom stereocenters. The minimum atomic E-state index is -0.0531. The molecule has 3 aliphatic heterocycles. The molecule has 0 fully saturated rings. The quantitative estimate of drug-likeness (QED) is 0.103. The third kappa shape index (κ3) is 9.90. The summed E-state index contributed by atoms with van der Waals surface area (Å²) in [7, 11) is 0. The van der Waals surface area contributed by atoms with Gasteiger partial charge in [0, 0.05) is 17.1 Å². The van der Waals surface area contributed by atoms with E-state index in [1.807, 2.05) is 12.1 Å². The van der Waals surface area contributed by atoms with Crippen LogP contribution < -0.4 is 4.90 Å². The second-order valence-electron chi connectivity index (χ2n) is 12.2. The highest BCUT2D eigenvalue weighted by Gasteiger charge is 2.43. The van der Waals surface area contributed by atoms with Crippen molar-refractivity contribution in [3.05, 3.63) is 41.0 Å². The van der Waals surface area contributed by atoms with Crippen molar-refractivity contribution >= 4 is 17.5 Å². The van der Waals surface area contributed by atoms with Gasteiger partial charge in [0.1, 0.15) is 0 Å². The molecule has 2 amide bonds. The Morgan fingerprint density at radius 2 is 0.974 bits per heavy atom. The Bertz CT molecular complexity index is 884. The molecule has 3 heterocycles. The third-order valence-corrected chi connectivity index (χ3v) is 9.00. The number of imide groups is 1. The molecule has 3 heteroatoms. The van der Waals surface area contributed by atoms with Crippen molar-refractivity contribution in [2.75, 3.05) is 4.90 Å². The third-order valence-electron chi connectivity index (χ3n) is 9.00. The predicted octanol–water partition coefficient (Wildman–Crippen LogP) is 11.0. The number of unbranched alkanes of at least 4 members (excludes halogenated alkanes) is 19. The van der Waals surface area contributed by atoms with Crippen LogP contribution in [0.3, 0.4) is 0 Å². The van der Waals surface area contributed by atoms with E-state index in [2.05, 4.69) is 26.0 Å². The maximum Gasteiger partial charge on any atom is 0.262 e. The lowest BCUT2D eigenvalue weighted by Crippen LogP contribution is -2.33. The number of hydrogen-bond acceptors (Lipinski definition) is 2. The van der Waals surface area contributed by atoms with E-state index in [0.29, 0.717) is 0 Å². The van der Waals surface area contributed by atoms with Crippen LogP contribution in [0.2, 0.25) is 0 Å². The highest BCUT2D eigenvalue weighted by molar-refractivity contribution is 6.33. The molecular weight excluding hydrogens is 478 g/mol. The van der Waals surface area contributed by atoms with Crippen molar-refractivity contribution in [2.24, 2.45) is 0 Å². The van der Waals surface area contributed by atoms with Gasteiger partial charge in [-0.2, -0.15) is 0 Å². The summed E-state index contributed by atoms with van der Waals surface area (Å²) in [5, 5.41) is 0. The normalized spacial score (nSPS) is 16.5. The van der Waals surface area contributed by atoms with Crippen LogP contribution in [0.25, 0.3) is 0 Å². The van der Waals surface area contributed by atoms with Gasteiger partial charge < -0.3 is 0 Å². The maximum atomic E-state index is 13.5. The Morgan fingerprint density at radius 3 is 1.46 bits per heavy atom. The molecule has 0 spiro atoms. The zero-order valence-electron chi connectivity index (χ0n) is 25.4. The molecule has 0 saturated carbocycles. The van der Waals surface area contributed by atoms with Crippen LogP contribution in [-0.4, -0.2) is 11.8 Å². The van der Waals surface area contributed by atoms with Gasteiger partial charge >= 0.3 is 0 Å². The minimum Gasteiger partial charge on any atom is -0.269 e. The van der Waals surface area contributed by atoms with Crippen molar-refractivity contribution in [1.82, 2.24) is 0 Å². The number of nitrogens with zero attached hydrogens (tertiary/aromatic N) is 1. The predicted molar refractivity (Wildman–Crippen MR) is 166 cm³/mol. The molecule has 1 unspecified atom stereocenters. The summed E-state index contributed by atoms with van der Waals surface area (Å²) in [5.74, 6) is -0.0310. The molecule has 1 aromatic rings. The number of rotatable bonds is 23. The number of anilines is 1. The Kier molecular flexibility index (Phi) is 15.0. The fourth-order valence-corrected chi connectivity index (χ4v) is 6.56. The van der Waals surface area contributed by atoms with Crippen molar-refractivity contribution in [3.63, 3.8) is 0 Å². The zero-order chi connectivity index (χ0) is 27.7. The van der Waals surface area contributed by atoms with E-state index >= 15 is 0 Å². The number of fused-ring (bicyclic) bond motifs is 2. The molecule has 0 saturated heterocycles. The van der Waals surface area contributed by atoms with Crippen LogP contribution >= 0.6 is 0 Å². The first-order valence-electron chi connectivity index (χ1n) is 16.9. The lowest BCUT2D eigenvalue weighted by atomic mass is 9.83. The van der Waals surface area contributed by atoms with Gasteiger partial charge in [-0.1, -0.05) is 154 Å². The van der Waals surface area contributed by atoms with Crippen LogP contribution in [0.1, 0.15) is 173 Å². The highest BCUT2D eigenvalue weighted by atomic mass is 16.2. The van der Waals surface area contributed by atoms with Gasteiger partial charge in [-0.15, -0.1) is 0 Å². The first-order valence-corrected chi connectivity index (χ1v) is 16.9. The number of carbonyl (C=O) groups excluding carboxylic acids is 2. The van der Waals surface area contributed by atoms with Gasteiger partial charge in [0.05, 0.1) is 5.69 Å². The fraction of sp³-hybridized carbons (Fsp3) is 0.722. The number of amides is 2. The Hall–Kier alpha value is -1.90. The molecule has 1 aromatic carbocycles. The Balaban J connectivity index is 1.46. The highest BCUT2D eigenvalue weighted by Crippen LogP contribution is 2.43. The van der Waals surface area contributed by atoms with E-state index in [0.717, 1.165) is 48.9 Å². The number of hydrogen-bond donors (Lipinski definition) is 0. The van der Waals surface area contributed by atoms with Gasteiger partial charge in [-0.25, -0.2) is 4.90 Å². The standard InChI is InChI=1S/C36H57NO2/c1-3-5-7-9-11-13-15-17-19-21-23-25-33-34-32(24-22-20-18-16-14-12-10-8-6-4-2)30-26-28-31(29-27-30)37(35(33)38)36(34)39/h26-29,32H,3-25H2,1-2H3. The van der Waals surface area contributed by atoms with Gasteiger partial charge in [0.2, 0.25) is 0 Å². The lowest BCUT2D eigenvalue weighted by Gasteiger charge is -2.24. The molecule has 39 heavy (non-hydrogen) atoms. The Labute approximate surface area is 240 Å². The van der Waals surface area contributed by atoms with E-state index in [1.54, 1.807) is 0 Å². The average molecular weight is 536 g/mol. The SMILES string of the molecule is CCCCCCCCCCCCCC1=C2C(=O)N(C1=O)c1ccc(cc1)C2CCCCCCCCCCCC. The molecule has 218 valence electrons. The summed E-state index contributed by atoms with van der Waals surface area (Å²) < 4.78 is 0. The Morgan fingerprint density at radius 1 is 0.538 bits per heavy atom. The molecule has 0 radical (unpaired) electrons. The second-order valence-corrected chi connectivity index (χ2v) is 12.2. The van der Waals surface area contributed by atoms with E-state index in [9.17, 15) is 9.59 Å². The molecule has 3 nitrogen and oxygen atoms in total. The van der Waals surface area contributed by atoms with Crippen molar-refractivity contribution < 1.29 is 9.59 Å². The largest absolute Gasteiger partial charge is 0.269 e. The van der Waals surface area contributed by atoms with E-state index in [1.165, 1.54) is 126 Å². The summed E-state index contributed by atoms with van der Waals surface area (Å²) in [4.78, 5) is 28.4. The molecule has 4 rings (SSSR count). The van der Waals surface area contributed by atoms with Crippen LogP contribution in [-0.2, 0) is 9.59 Å². The van der Waals surface area contributed by atoms with Crippen LogP contribution in [0, 0.1) is 0 Å².